The number of Topliss-reactive ketones (excluding diaryl/α,β-unsaturated/α-hetero) is 1. The lowest BCUT2D eigenvalue weighted by atomic mass is 9.75. The highest BCUT2D eigenvalue weighted by molar-refractivity contribution is 5.90. The molecular weight excluding hydrogens is 216 g/mol. The molecule has 3 rings (SSSR count). The minimum Gasteiger partial charge on any atom is -0.378 e. The molecule has 0 aliphatic carbocycles. The maximum absolute atomic E-state index is 11.8. The number of fused-ring (bicyclic) bond motifs is 1. The summed E-state index contributed by atoms with van der Waals surface area (Å²) in [6.45, 7) is 2.60. The van der Waals surface area contributed by atoms with E-state index in [1.807, 2.05) is 29.8 Å². The van der Waals surface area contributed by atoms with Crippen molar-refractivity contribution in [1.29, 1.82) is 0 Å². The molecule has 1 aromatic carbocycles. The molecule has 17 heavy (non-hydrogen) atoms. The molecule has 1 fully saturated rings. The van der Waals surface area contributed by atoms with Crippen LogP contribution in [0.1, 0.15) is 12.5 Å². The fourth-order valence-corrected chi connectivity index (χ4v) is 2.31. The lowest BCUT2D eigenvalue weighted by Crippen LogP contribution is -2.52. The minimum atomic E-state index is -0.439. The van der Waals surface area contributed by atoms with Crippen molar-refractivity contribution in [3.05, 3.63) is 30.1 Å². The zero-order valence-corrected chi connectivity index (χ0v) is 9.93. The largest absolute Gasteiger partial charge is 0.378 e. The van der Waals surface area contributed by atoms with Gasteiger partial charge in [0, 0.05) is 7.05 Å². The molecule has 2 aromatic rings. The zero-order chi connectivity index (χ0) is 12.0. The highest BCUT2D eigenvalue weighted by Gasteiger charge is 2.45. The van der Waals surface area contributed by atoms with E-state index in [0.717, 1.165) is 16.6 Å². The number of benzene rings is 1. The first-order valence-corrected chi connectivity index (χ1v) is 5.64. The Morgan fingerprint density at radius 1 is 1.47 bits per heavy atom. The monoisotopic (exact) mass is 230 g/mol. The molecule has 0 saturated carbocycles. The van der Waals surface area contributed by atoms with Crippen LogP contribution in [0.5, 0.6) is 0 Å². The van der Waals surface area contributed by atoms with Crippen LogP contribution >= 0.6 is 0 Å². The molecule has 0 unspecified atom stereocenters. The second kappa shape index (κ2) is 3.40. The van der Waals surface area contributed by atoms with Crippen LogP contribution in [0, 0.1) is 0 Å². The van der Waals surface area contributed by atoms with E-state index < -0.39 is 5.41 Å². The summed E-state index contributed by atoms with van der Waals surface area (Å²) >= 11 is 0. The number of rotatable bonds is 2. The van der Waals surface area contributed by atoms with Crippen LogP contribution in [-0.2, 0) is 22.0 Å². The lowest BCUT2D eigenvalue weighted by Gasteiger charge is -2.39. The summed E-state index contributed by atoms with van der Waals surface area (Å²) in [4.78, 5) is 16.1. The van der Waals surface area contributed by atoms with Crippen molar-refractivity contribution < 1.29 is 9.53 Å². The molecule has 0 radical (unpaired) electrons. The number of carbonyl (C=O) groups excluding carboxylic acids is 1. The van der Waals surface area contributed by atoms with E-state index >= 15 is 0 Å². The zero-order valence-electron chi connectivity index (χ0n) is 9.93. The molecule has 1 saturated heterocycles. The molecule has 1 aliphatic heterocycles. The number of hydrogen-bond acceptors (Lipinski definition) is 3. The summed E-state index contributed by atoms with van der Waals surface area (Å²) in [6, 6.07) is 6.02. The molecule has 4 heteroatoms. The molecule has 0 N–H and O–H groups in total. The minimum absolute atomic E-state index is 0.166. The van der Waals surface area contributed by atoms with Gasteiger partial charge in [-0.05, 0) is 24.6 Å². The Morgan fingerprint density at radius 3 is 2.82 bits per heavy atom. The number of hydrogen-bond donors (Lipinski definition) is 0. The Hall–Kier alpha value is -1.68. The number of carbonyl (C=O) groups is 1. The first-order valence-electron chi connectivity index (χ1n) is 5.64. The van der Waals surface area contributed by atoms with Crippen LogP contribution in [-0.4, -0.2) is 28.5 Å². The number of ketones is 1. The first-order chi connectivity index (χ1) is 8.13. The topological polar surface area (TPSA) is 44.1 Å². The Labute approximate surface area is 99.2 Å². The predicted octanol–water partition coefficient (Wildman–Crippen LogP) is 1.43. The Bertz CT molecular complexity index is 596. The summed E-state index contributed by atoms with van der Waals surface area (Å²) in [5, 5.41) is 0. The molecule has 0 amide bonds. The normalized spacial score (nSPS) is 18.0. The molecule has 88 valence electrons. The number of ether oxygens (including phenoxy) is 1. The van der Waals surface area contributed by atoms with Gasteiger partial charge in [-0.15, -0.1) is 0 Å². The van der Waals surface area contributed by atoms with Gasteiger partial charge in [0.05, 0.1) is 30.6 Å². The summed E-state index contributed by atoms with van der Waals surface area (Å²) in [5.41, 5.74) is 2.58. The predicted molar refractivity (Wildman–Crippen MR) is 63.9 cm³/mol. The van der Waals surface area contributed by atoms with Gasteiger partial charge in [-0.3, -0.25) is 4.79 Å². The summed E-state index contributed by atoms with van der Waals surface area (Å²) in [5.74, 6) is 0.166. The Morgan fingerprint density at radius 2 is 2.24 bits per heavy atom. The van der Waals surface area contributed by atoms with E-state index in [1.165, 1.54) is 0 Å². The van der Waals surface area contributed by atoms with Crippen LogP contribution in [0.3, 0.4) is 0 Å². The quantitative estimate of drug-likeness (QED) is 0.784. The third-order valence-electron chi connectivity index (χ3n) is 3.65. The van der Waals surface area contributed by atoms with Gasteiger partial charge in [-0.25, -0.2) is 4.98 Å². The van der Waals surface area contributed by atoms with Gasteiger partial charge < -0.3 is 9.30 Å². The third-order valence-corrected chi connectivity index (χ3v) is 3.65. The Balaban J connectivity index is 2.14. The summed E-state index contributed by atoms with van der Waals surface area (Å²) in [6.07, 6.45) is 1.78. The number of imidazole rings is 1. The first kappa shape index (κ1) is 10.5. The summed E-state index contributed by atoms with van der Waals surface area (Å²) in [7, 11) is 1.96. The van der Waals surface area contributed by atoms with Gasteiger partial charge in [-0.2, -0.15) is 0 Å². The third kappa shape index (κ3) is 1.34. The van der Waals surface area contributed by atoms with E-state index in [9.17, 15) is 4.79 Å². The van der Waals surface area contributed by atoms with Crippen molar-refractivity contribution in [3.63, 3.8) is 0 Å². The fourth-order valence-electron chi connectivity index (χ4n) is 2.31. The van der Waals surface area contributed by atoms with Crippen LogP contribution < -0.4 is 0 Å². The van der Waals surface area contributed by atoms with E-state index in [0.29, 0.717) is 13.2 Å². The second-order valence-corrected chi connectivity index (χ2v) is 4.69. The van der Waals surface area contributed by atoms with Crippen LogP contribution in [0.4, 0.5) is 0 Å². The van der Waals surface area contributed by atoms with Gasteiger partial charge in [0.25, 0.3) is 0 Å². The lowest BCUT2D eigenvalue weighted by molar-refractivity contribution is -0.140. The molecule has 0 spiro atoms. The van der Waals surface area contributed by atoms with Crippen molar-refractivity contribution in [2.45, 2.75) is 12.3 Å². The molecule has 4 nitrogen and oxygen atoms in total. The number of nitrogens with zero attached hydrogens (tertiary/aromatic N) is 2. The highest BCUT2D eigenvalue weighted by atomic mass is 16.5. The van der Waals surface area contributed by atoms with E-state index in [1.54, 1.807) is 13.3 Å². The Kier molecular flexibility index (Phi) is 2.10. The van der Waals surface area contributed by atoms with Crippen LogP contribution in [0.2, 0.25) is 0 Å². The second-order valence-electron chi connectivity index (χ2n) is 4.69. The maximum Gasteiger partial charge on any atom is 0.145 e. The highest BCUT2D eigenvalue weighted by Crippen LogP contribution is 2.34. The number of aromatic nitrogens is 2. The molecule has 0 bridgehead atoms. The molecular formula is C13H14N2O2. The van der Waals surface area contributed by atoms with Crippen molar-refractivity contribution >= 4 is 16.8 Å². The van der Waals surface area contributed by atoms with Crippen molar-refractivity contribution in [3.8, 4) is 0 Å². The van der Waals surface area contributed by atoms with Gasteiger partial charge in [-0.1, -0.05) is 6.07 Å². The fraction of sp³-hybridized carbons (Fsp3) is 0.385. The molecule has 0 atom stereocenters. The smallest absolute Gasteiger partial charge is 0.145 e. The molecule has 1 aromatic heterocycles. The average molecular weight is 230 g/mol. The van der Waals surface area contributed by atoms with Crippen molar-refractivity contribution in [2.75, 3.05) is 13.2 Å². The molecule has 1 aliphatic rings. The van der Waals surface area contributed by atoms with Gasteiger partial charge >= 0.3 is 0 Å². The van der Waals surface area contributed by atoms with Crippen LogP contribution in [0.15, 0.2) is 24.5 Å². The van der Waals surface area contributed by atoms with Gasteiger partial charge in [0.15, 0.2) is 0 Å². The van der Waals surface area contributed by atoms with Crippen LogP contribution in [0.25, 0.3) is 11.0 Å². The average Bonchev–Trinajstić information content (AvgIpc) is 2.58. The molecule has 2 heterocycles. The van der Waals surface area contributed by atoms with Gasteiger partial charge in [0.1, 0.15) is 11.2 Å². The van der Waals surface area contributed by atoms with E-state index in [2.05, 4.69) is 4.98 Å². The van der Waals surface area contributed by atoms with E-state index in [4.69, 9.17) is 4.74 Å². The van der Waals surface area contributed by atoms with E-state index in [-0.39, 0.29) is 5.78 Å². The standard InChI is InChI=1S/C13H14N2O2/c1-9(16)13(6-17-7-13)10-3-4-12-11(5-10)14-8-15(12)2/h3-5,8H,6-7H2,1-2H3. The number of aryl methyl sites for hydroxylation is 1. The maximum atomic E-state index is 11.8. The summed E-state index contributed by atoms with van der Waals surface area (Å²) < 4.78 is 7.19. The SMILES string of the molecule is CC(=O)C1(c2ccc3c(c2)ncn3C)COC1. The van der Waals surface area contributed by atoms with Gasteiger partial charge in [0.2, 0.25) is 0 Å². The van der Waals surface area contributed by atoms with Crippen molar-refractivity contribution in [2.24, 2.45) is 7.05 Å². The van der Waals surface area contributed by atoms with Crippen molar-refractivity contribution in [1.82, 2.24) is 9.55 Å².